The molecule has 0 aromatic carbocycles. The lowest BCUT2D eigenvalue weighted by atomic mass is 9.80. The summed E-state index contributed by atoms with van der Waals surface area (Å²) in [5.74, 6) is -56.4. The molecule has 0 rings (SSSR count). The lowest BCUT2D eigenvalue weighted by Gasteiger charge is -2.46. The Labute approximate surface area is 261 Å². The van der Waals surface area contributed by atoms with E-state index < -0.39 is 104 Å². The van der Waals surface area contributed by atoms with Gasteiger partial charge in [-0.25, -0.2) is 0 Å². The van der Waals surface area contributed by atoms with Crippen LogP contribution in [0, 0.1) is 5.92 Å². The molecule has 0 aromatic heterocycles. The summed E-state index contributed by atoms with van der Waals surface area (Å²) in [6, 6.07) is 0. The van der Waals surface area contributed by atoms with Gasteiger partial charge in [-0.05, 0) is 6.42 Å². The molecule has 0 saturated heterocycles. The molecular weight excluding hydrogens is 790 g/mol. The molecule has 0 spiro atoms. The van der Waals surface area contributed by atoms with Crippen molar-refractivity contribution in [2.24, 2.45) is 5.92 Å². The number of hydrogen-bond acceptors (Lipinski definition) is 2. The van der Waals surface area contributed by atoms with Crippen molar-refractivity contribution in [1.29, 1.82) is 0 Å². The van der Waals surface area contributed by atoms with Gasteiger partial charge in [-0.15, -0.1) is 0 Å². The van der Waals surface area contributed by atoms with Crippen molar-refractivity contribution in [3.63, 3.8) is 0 Å². The van der Waals surface area contributed by atoms with Crippen molar-refractivity contribution < 1.29 is 124 Å². The third-order valence-electron chi connectivity index (χ3n) is 6.54. The van der Waals surface area contributed by atoms with Gasteiger partial charge in [0.2, 0.25) is 0 Å². The first-order valence-corrected chi connectivity index (χ1v) is 12.9. The largest absolute Gasteiger partial charge is 0.462 e. The van der Waals surface area contributed by atoms with Crippen LogP contribution in [-0.4, -0.2) is 72.3 Å². The molecule has 2 atom stereocenters. The van der Waals surface area contributed by atoms with Gasteiger partial charge in [0, 0.05) is 0 Å². The van der Waals surface area contributed by atoms with E-state index in [4.69, 9.17) is 0 Å². The first kappa shape index (κ1) is 48.1. The Kier molecular flexibility index (Phi) is 13.9. The van der Waals surface area contributed by atoms with Gasteiger partial charge in [0.15, 0.2) is 0 Å². The number of alkyl halides is 26. The van der Waals surface area contributed by atoms with E-state index in [0.29, 0.717) is 12.8 Å². The standard InChI is InChI=1S/C22H20F26O2/c1-2-3-4-5-6-7-8-9-10(11(23,24)15(31,19(39,40)41)49-21(45,46)13(27,28)17(33,34)35)12(25,26)16(32,20(42,43)44)50-22(47,48)14(29,30)18(36,37)38/h10H,2-9H2,1H3. The highest BCUT2D eigenvalue weighted by Crippen LogP contribution is 2.63. The van der Waals surface area contributed by atoms with E-state index in [1.807, 2.05) is 0 Å². The fourth-order valence-corrected chi connectivity index (χ4v) is 3.79. The molecule has 2 unspecified atom stereocenters. The number of hydrogen-bond donors (Lipinski definition) is 0. The maximum Gasteiger partial charge on any atom is 0.462 e. The Hall–Kier alpha value is -1.90. The van der Waals surface area contributed by atoms with Crippen molar-refractivity contribution in [2.45, 2.75) is 131 Å². The molecule has 50 heavy (non-hydrogen) atoms. The Morgan fingerprint density at radius 3 is 0.860 bits per heavy atom. The summed E-state index contributed by atoms with van der Waals surface area (Å²) in [4.78, 5) is 0. The lowest BCUT2D eigenvalue weighted by molar-refractivity contribution is -0.532. The van der Waals surface area contributed by atoms with Crippen LogP contribution >= 0.6 is 0 Å². The molecule has 0 fully saturated rings. The third kappa shape index (κ3) is 8.82. The molecule has 0 heterocycles. The van der Waals surface area contributed by atoms with Crippen molar-refractivity contribution in [3.05, 3.63) is 0 Å². The monoisotopic (exact) mass is 810 g/mol. The van der Waals surface area contributed by atoms with Gasteiger partial charge in [-0.1, -0.05) is 51.9 Å². The van der Waals surface area contributed by atoms with Crippen LogP contribution in [0.2, 0.25) is 0 Å². The van der Waals surface area contributed by atoms with Crippen molar-refractivity contribution in [2.75, 3.05) is 0 Å². The van der Waals surface area contributed by atoms with Crippen LogP contribution in [0.4, 0.5) is 114 Å². The van der Waals surface area contributed by atoms with Crippen LogP contribution in [0.3, 0.4) is 0 Å². The van der Waals surface area contributed by atoms with Crippen LogP contribution in [0.15, 0.2) is 0 Å². The quantitative estimate of drug-likeness (QED) is 0.101. The van der Waals surface area contributed by atoms with Crippen LogP contribution in [0.5, 0.6) is 0 Å². The Balaban J connectivity index is 7.77. The Morgan fingerprint density at radius 2 is 0.620 bits per heavy atom. The third-order valence-corrected chi connectivity index (χ3v) is 6.54. The van der Waals surface area contributed by atoms with Crippen LogP contribution in [-0.2, 0) is 9.47 Å². The second-order valence-electron chi connectivity index (χ2n) is 10.3. The highest BCUT2D eigenvalue weighted by atomic mass is 19.4. The minimum atomic E-state index is -8.54. The molecule has 0 radical (unpaired) electrons. The Morgan fingerprint density at radius 1 is 0.360 bits per heavy atom. The normalized spacial score (nSPS) is 18.5. The summed E-state index contributed by atoms with van der Waals surface area (Å²) >= 11 is 0. The first-order chi connectivity index (χ1) is 21.6. The topological polar surface area (TPSA) is 18.5 Å². The maximum absolute atomic E-state index is 15.1. The summed E-state index contributed by atoms with van der Waals surface area (Å²) < 4.78 is 355. The van der Waals surface area contributed by atoms with Gasteiger partial charge in [0.1, 0.15) is 0 Å². The highest BCUT2D eigenvalue weighted by molar-refractivity contribution is 5.08. The summed E-state index contributed by atoms with van der Waals surface area (Å²) in [6.07, 6.45) is -54.8. The van der Waals surface area contributed by atoms with E-state index >= 15 is 17.6 Å². The molecule has 0 aliphatic rings. The minimum Gasteiger partial charge on any atom is -0.265 e. The van der Waals surface area contributed by atoms with Gasteiger partial charge in [0.25, 0.3) is 0 Å². The fourth-order valence-electron chi connectivity index (χ4n) is 3.79. The van der Waals surface area contributed by atoms with E-state index in [2.05, 4.69) is 0 Å². The second kappa shape index (κ2) is 14.5. The van der Waals surface area contributed by atoms with Crippen LogP contribution in [0.1, 0.15) is 58.3 Å². The van der Waals surface area contributed by atoms with E-state index in [9.17, 15) is 96.6 Å². The molecular formula is C22H20F26O2. The van der Waals surface area contributed by atoms with Crippen LogP contribution in [0.25, 0.3) is 0 Å². The average Bonchev–Trinajstić information content (AvgIpc) is 2.86. The highest BCUT2D eigenvalue weighted by Gasteiger charge is 2.89. The maximum atomic E-state index is 15.1. The van der Waals surface area contributed by atoms with Crippen molar-refractivity contribution in [3.8, 4) is 0 Å². The number of halogens is 26. The van der Waals surface area contributed by atoms with Crippen molar-refractivity contribution in [1.82, 2.24) is 0 Å². The predicted molar refractivity (Wildman–Crippen MR) is 110 cm³/mol. The van der Waals surface area contributed by atoms with E-state index in [-0.39, 0.29) is 12.8 Å². The summed E-state index contributed by atoms with van der Waals surface area (Å²) in [5.41, 5.74) is 0. The van der Waals surface area contributed by atoms with Crippen LogP contribution < -0.4 is 0 Å². The lowest BCUT2D eigenvalue weighted by Crippen LogP contribution is -2.72. The van der Waals surface area contributed by atoms with Gasteiger partial charge in [-0.2, -0.15) is 114 Å². The molecule has 0 saturated carbocycles. The van der Waals surface area contributed by atoms with Crippen molar-refractivity contribution >= 4 is 0 Å². The second-order valence-corrected chi connectivity index (χ2v) is 10.3. The van der Waals surface area contributed by atoms with E-state index in [0.717, 1.165) is 0 Å². The molecule has 0 bridgehead atoms. The van der Waals surface area contributed by atoms with Gasteiger partial charge in [-0.3, -0.25) is 9.47 Å². The molecule has 28 heteroatoms. The van der Waals surface area contributed by atoms with Gasteiger partial charge >= 0.3 is 72.3 Å². The number of rotatable bonds is 18. The average molecular weight is 810 g/mol. The smallest absolute Gasteiger partial charge is 0.265 e. The first-order valence-electron chi connectivity index (χ1n) is 12.9. The fraction of sp³-hybridized carbons (Fsp3) is 1.00. The molecule has 0 amide bonds. The molecule has 2 nitrogen and oxygen atoms in total. The van der Waals surface area contributed by atoms with Gasteiger partial charge < -0.3 is 0 Å². The number of unbranched alkanes of at least 4 members (excludes halogenated alkanes) is 6. The van der Waals surface area contributed by atoms with E-state index in [1.165, 1.54) is 9.47 Å². The zero-order chi connectivity index (χ0) is 40.6. The number of ether oxygens (including phenoxy) is 2. The molecule has 0 N–H and O–H groups in total. The minimum absolute atomic E-state index is 0.111. The summed E-state index contributed by atoms with van der Waals surface area (Å²) in [5, 5.41) is 0. The predicted octanol–water partition coefficient (Wildman–Crippen LogP) is 12.1. The van der Waals surface area contributed by atoms with E-state index in [1.54, 1.807) is 6.92 Å². The molecule has 0 aliphatic carbocycles. The van der Waals surface area contributed by atoms with Gasteiger partial charge in [0.05, 0.1) is 5.92 Å². The molecule has 0 aromatic rings. The molecule has 302 valence electrons. The molecule has 0 aliphatic heterocycles. The zero-order valence-electron chi connectivity index (χ0n) is 23.9. The summed E-state index contributed by atoms with van der Waals surface area (Å²) in [7, 11) is 0. The SMILES string of the molecule is CCCCCCCCCC(C(F)(F)C(F)(OC(F)(F)C(F)(F)C(F)(F)F)C(F)(F)F)C(F)(F)C(F)(OC(F)(F)C(F)(F)C(F)(F)F)C(F)(F)F. The Bertz CT molecular complexity index is 1010. The zero-order valence-corrected chi connectivity index (χ0v) is 23.9. The summed E-state index contributed by atoms with van der Waals surface area (Å²) in [6.45, 7) is 1.56.